The van der Waals surface area contributed by atoms with Gasteiger partial charge in [0, 0.05) is 36.5 Å². The molecule has 1 aromatic heterocycles. The molecule has 8 heteroatoms. The molecule has 2 aromatic carbocycles. The van der Waals surface area contributed by atoms with Crippen molar-refractivity contribution in [3.8, 4) is 17.2 Å². The van der Waals surface area contributed by atoms with Gasteiger partial charge in [0.05, 0.1) is 23.5 Å². The van der Waals surface area contributed by atoms with Crippen molar-refractivity contribution >= 4 is 28.1 Å². The second-order valence-electron chi connectivity index (χ2n) is 7.43. The number of aliphatic hydroxyl groups is 1. The molecule has 0 bridgehead atoms. The van der Waals surface area contributed by atoms with Gasteiger partial charge in [0.25, 0.3) is 0 Å². The number of aryl methyl sites for hydroxylation is 1. The molecule has 3 rings (SSSR count). The number of nitrogen functional groups attached to an aromatic ring is 2. The highest BCUT2D eigenvalue weighted by Crippen LogP contribution is 2.38. The van der Waals surface area contributed by atoms with E-state index in [2.05, 4.69) is 6.92 Å². The third-order valence-corrected chi connectivity index (χ3v) is 5.07. The minimum absolute atomic E-state index is 0.00565. The van der Waals surface area contributed by atoms with Gasteiger partial charge in [0.1, 0.15) is 11.3 Å². The van der Waals surface area contributed by atoms with Crippen molar-refractivity contribution in [2.45, 2.75) is 39.0 Å². The number of unbranched alkanes of at least 4 members (excludes halogenated alkanes) is 2. The molecule has 1 heterocycles. The van der Waals surface area contributed by atoms with Gasteiger partial charge in [0.15, 0.2) is 23.0 Å². The Morgan fingerprint density at radius 1 is 1.06 bits per heavy atom. The minimum atomic E-state index is -0.364. The number of ketones is 1. The Bertz CT molecular complexity index is 1070. The van der Waals surface area contributed by atoms with E-state index < -0.39 is 0 Å². The van der Waals surface area contributed by atoms with Gasteiger partial charge in [0.2, 0.25) is 0 Å². The molecule has 0 fully saturated rings. The van der Waals surface area contributed by atoms with Crippen LogP contribution in [0.15, 0.2) is 28.7 Å². The van der Waals surface area contributed by atoms with Crippen LogP contribution in [0.5, 0.6) is 17.2 Å². The van der Waals surface area contributed by atoms with Crippen molar-refractivity contribution in [1.82, 2.24) is 0 Å². The van der Waals surface area contributed by atoms with E-state index in [1.54, 1.807) is 6.07 Å². The zero-order valence-electron chi connectivity index (χ0n) is 17.5. The summed E-state index contributed by atoms with van der Waals surface area (Å²) in [7, 11) is 0. The number of ether oxygens (including phenoxy) is 1. The van der Waals surface area contributed by atoms with Crippen LogP contribution in [0.2, 0.25) is 0 Å². The number of carbonyl (C=O) groups excluding carboxylic acids is 1. The number of fused-ring (bicyclic) bond motifs is 1. The Hall–Kier alpha value is -3.39. The molecule has 3 aromatic rings. The first-order valence-electron chi connectivity index (χ1n) is 10.3. The van der Waals surface area contributed by atoms with Crippen LogP contribution < -0.4 is 16.2 Å². The highest BCUT2D eigenvalue weighted by molar-refractivity contribution is 6.18. The number of phenols is 2. The lowest BCUT2D eigenvalue weighted by Crippen LogP contribution is -2.06. The van der Waals surface area contributed by atoms with E-state index in [0.717, 1.165) is 19.3 Å². The maximum Gasteiger partial charge on any atom is 0.197 e. The quantitative estimate of drug-likeness (QED) is 0.142. The van der Waals surface area contributed by atoms with Gasteiger partial charge in [-0.1, -0.05) is 19.8 Å². The number of benzene rings is 2. The summed E-state index contributed by atoms with van der Waals surface area (Å²) >= 11 is 0. The number of aromatic hydroxyl groups is 2. The molecular weight excluding hydrogens is 400 g/mol. The van der Waals surface area contributed by atoms with Crippen molar-refractivity contribution < 1.29 is 29.3 Å². The number of aliphatic hydroxyl groups excluding tert-OH is 1. The van der Waals surface area contributed by atoms with Crippen LogP contribution in [0.1, 0.15) is 54.3 Å². The predicted molar refractivity (Wildman–Crippen MR) is 119 cm³/mol. The average Bonchev–Trinajstić information content (AvgIpc) is 3.08. The highest BCUT2D eigenvalue weighted by Gasteiger charge is 2.24. The van der Waals surface area contributed by atoms with E-state index >= 15 is 0 Å². The Labute approximate surface area is 180 Å². The SMILES string of the molecule is CCCCCc1oc2cc(OCCCO)c(O)cc2c1C(=O)c1cc(N)c(O)c(N)c1. The van der Waals surface area contributed by atoms with Gasteiger partial charge in [-0.25, -0.2) is 0 Å². The van der Waals surface area contributed by atoms with Crippen molar-refractivity contribution in [3.63, 3.8) is 0 Å². The second kappa shape index (κ2) is 9.61. The number of furan rings is 1. The van der Waals surface area contributed by atoms with Crippen molar-refractivity contribution in [2.24, 2.45) is 0 Å². The van der Waals surface area contributed by atoms with Crippen LogP contribution in [0.25, 0.3) is 11.0 Å². The van der Waals surface area contributed by atoms with Crippen molar-refractivity contribution in [3.05, 3.63) is 41.2 Å². The van der Waals surface area contributed by atoms with Crippen LogP contribution in [-0.4, -0.2) is 34.3 Å². The maximum absolute atomic E-state index is 13.4. The molecule has 0 saturated carbocycles. The van der Waals surface area contributed by atoms with Gasteiger partial charge in [-0.3, -0.25) is 4.79 Å². The van der Waals surface area contributed by atoms with Gasteiger partial charge in [-0.05, 0) is 24.6 Å². The third kappa shape index (κ3) is 4.69. The number of phenolic OH excluding ortho intramolecular Hbond substituents is 2. The van der Waals surface area contributed by atoms with Crippen LogP contribution in [0.3, 0.4) is 0 Å². The van der Waals surface area contributed by atoms with Crippen molar-refractivity contribution in [1.29, 1.82) is 0 Å². The Balaban J connectivity index is 2.09. The summed E-state index contributed by atoms with van der Waals surface area (Å²) in [6.07, 6.45) is 3.80. The number of anilines is 2. The van der Waals surface area contributed by atoms with E-state index in [9.17, 15) is 15.0 Å². The summed E-state index contributed by atoms with van der Waals surface area (Å²) in [5.74, 6) is -0.0429. The molecule has 8 nitrogen and oxygen atoms in total. The largest absolute Gasteiger partial charge is 0.504 e. The fraction of sp³-hybridized carbons (Fsp3) is 0.348. The molecule has 0 amide bonds. The summed E-state index contributed by atoms with van der Waals surface area (Å²) in [6, 6.07) is 5.72. The summed E-state index contributed by atoms with van der Waals surface area (Å²) in [4.78, 5) is 13.4. The molecule has 31 heavy (non-hydrogen) atoms. The molecule has 0 unspecified atom stereocenters. The monoisotopic (exact) mass is 428 g/mol. The topological polar surface area (TPSA) is 152 Å². The number of nitrogens with two attached hydrogens (primary N) is 2. The third-order valence-electron chi connectivity index (χ3n) is 5.07. The lowest BCUT2D eigenvalue weighted by molar-refractivity contribution is 0.103. The summed E-state index contributed by atoms with van der Waals surface area (Å²) in [5.41, 5.74) is 12.5. The van der Waals surface area contributed by atoms with E-state index in [-0.39, 0.29) is 53.2 Å². The van der Waals surface area contributed by atoms with Gasteiger partial charge < -0.3 is 35.9 Å². The summed E-state index contributed by atoms with van der Waals surface area (Å²) < 4.78 is 11.5. The molecule has 166 valence electrons. The molecule has 0 aliphatic heterocycles. The van der Waals surface area contributed by atoms with E-state index in [0.29, 0.717) is 35.1 Å². The Morgan fingerprint density at radius 2 is 1.77 bits per heavy atom. The standard InChI is InChI=1S/C23H28N2O6/c1-2-3-4-6-18-21(22(28)13-9-15(24)23(29)16(25)10-13)14-11-17(27)20(12-19(14)31-18)30-8-5-7-26/h9-12,26-27,29H,2-8,24-25H2,1H3. The van der Waals surface area contributed by atoms with Crippen LogP contribution >= 0.6 is 0 Å². The normalized spacial score (nSPS) is 11.2. The first-order chi connectivity index (χ1) is 14.9. The summed E-state index contributed by atoms with van der Waals surface area (Å²) in [5, 5.41) is 29.6. The first-order valence-corrected chi connectivity index (χ1v) is 10.3. The number of hydrogen-bond acceptors (Lipinski definition) is 8. The highest BCUT2D eigenvalue weighted by atomic mass is 16.5. The van der Waals surface area contributed by atoms with E-state index in [1.165, 1.54) is 18.2 Å². The molecular formula is C23H28N2O6. The average molecular weight is 428 g/mol. The van der Waals surface area contributed by atoms with Gasteiger partial charge >= 0.3 is 0 Å². The number of rotatable bonds is 10. The first kappa shape index (κ1) is 22.3. The Morgan fingerprint density at radius 3 is 2.42 bits per heavy atom. The zero-order valence-corrected chi connectivity index (χ0v) is 17.5. The molecule has 0 radical (unpaired) electrons. The Kier molecular flexibility index (Phi) is 6.91. The number of hydrogen-bond donors (Lipinski definition) is 5. The molecule has 7 N–H and O–H groups in total. The van der Waals surface area contributed by atoms with Crippen LogP contribution in [0.4, 0.5) is 11.4 Å². The lowest BCUT2D eigenvalue weighted by atomic mass is 9.97. The molecule has 0 saturated heterocycles. The fourth-order valence-electron chi connectivity index (χ4n) is 3.44. The molecule has 0 aliphatic carbocycles. The smallest absolute Gasteiger partial charge is 0.197 e. The zero-order chi connectivity index (χ0) is 22.5. The minimum Gasteiger partial charge on any atom is -0.504 e. The van der Waals surface area contributed by atoms with Gasteiger partial charge in [-0.2, -0.15) is 0 Å². The fourth-order valence-corrected chi connectivity index (χ4v) is 3.44. The van der Waals surface area contributed by atoms with Crippen LogP contribution in [-0.2, 0) is 6.42 Å². The number of carbonyl (C=O) groups is 1. The van der Waals surface area contributed by atoms with E-state index in [4.69, 9.17) is 25.7 Å². The van der Waals surface area contributed by atoms with E-state index in [1.807, 2.05) is 0 Å². The summed E-state index contributed by atoms with van der Waals surface area (Å²) in [6.45, 7) is 2.29. The molecule has 0 atom stereocenters. The maximum atomic E-state index is 13.4. The van der Waals surface area contributed by atoms with Gasteiger partial charge in [-0.15, -0.1) is 0 Å². The lowest BCUT2D eigenvalue weighted by Gasteiger charge is -2.09. The van der Waals surface area contributed by atoms with Crippen molar-refractivity contribution in [2.75, 3.05) is 24.7 Å². The second-order valence-corrected chi connectivity index (χ2v) is 7.43. The van der Waals surface area contributed by atoms with Crippen LogP contribution in [0, 0.1) is 0 Å². The predicted octanol–water partition coefficient (Wildman–Crippen LogP) is 3.73. The molecule has 0 spiro atoms. The molecule has 0 aliphatic rings.